The zero-order valence-electron chi connectivity index (χ0n) is 20.1. The molecule has 0 aromatic heterocycles. The van der Waals surface area contributed by atoms with E-state index in [1.165, 1.54) is 25.3 Å². The summed E-state index contributed by atoms with van der Waals surface area (Å²) in [6, 6.07) is 8.92. The van der Waals surface area contributed by atoms with Crippen LogP contribution in [-0.2, 0) is 4.74 Å². The van der Waals surface area contributed by atoms with Gasteiger partial charge in [-0.25, -0.2) is 9.18 Å². The van der Waals surface area contributed by atoms with Gasteiger partial charge in [0.25, 0.3) is 5.91 Å². The molecule has 3 rings (SSSR count). The van der Waals surface area contributed by atoms with Crippen LogP contribution in [-0.4, -0.2) is 79.8 Å². The number of likely N-dealkylation sites (tertiary alicyclic amines) is 1. The second kappa shape index (κ2) is 14.3. The zero-order chi connectivity index (χ0) is 26.7. The first-order valence-electron chi connectivity index (χ1n) is 11.1. The van der Waals surface area contributed by atoms with Gasteiger partial charge in [0.05, 0.1) is 42.1 Å². The first-order chi connectivity index (χ1) is 17.1. The fourth-order valence-corrected chi connectivity index (χ4v) is 3.92. The number of piperidine rings is 1. The number of benzene rings is 2. The van der Waals surface area contributed by atoms with Crippen LogP contribution >= 0.6 is 11.6 Å². The summed E-state index contributed by atoms with van der Waals surface area (Å²) in [6.45, 7) is 2.89. The lowest BCUT2D eigenvalue weighted by molar-refractivity contribution is 0.00527. The number of nitrogen functional groups attached to an aromatic ring is 1. The van der Waals surface area contributed by atoms with Gasteiger partial charge in [0.2, 0.25) is 0 Å². The van der Waals surface area contributed by atoms with E-state index < -0.39 is 6.16 Å². The van der Waals surface area contributed by atoms with Crippen LogP contribution in [0.4, 0.5) is 14.9 Å². The van der Waals surface area contributed by atoms with Gasteiger partial charge >= 0.3 is 6.16 Å². The minimum Gasteiger partial charge on any atom is -0.496 e. The van der Waals surface area contributed by atoms with Gasteiger partial charge in [0, 0.05) is 32.8 Å². The molecule has 0 bridgehead atoms. The number of ether oxygens (including phenoxy) is 3. The number of methoxy groups -OCH3 is 2. The predicted octanol–water partition coefficient (Wildman–Crippen LogP) is 3.58. The third kappa shape index (κ3) is 9.06. The molecule has 1 aliphatic heterocycles. The van der Waals surface area contributed by atoms with Crippen LogP contribution in [0, 0.1) is 5.82 Å². The first-order valence-corrected chi connectivity index (χ1v) is 11.5. The molecule has 36 heavy (non-hydrogen) atoms. The number of carbonyl (C=O) groups is 2. The van der Waals surface area contributed by atoms with Gasteiger partial charge in [-0.15, -0.1) is 0 Å². The van der Waals surface area contributed by atoms with Crippen molar-refractivity contribution in [1.29, 1.82) is 0 Å². The molecule has 2 atom stereocenters. The maximum Gasteiger partial charge on any atom is 0.503 e. The molecule has 198 valence electrons. The molecule has 0 unspecified atom stereocenters. The number of hydrogen-bond acceptors (Lipinski definition) is 7. The lowest BCUT2D eigenvalue weighted by Gasteiger charge is -2.38. The minimum absolute atomic E-state index is 0.139. The summed E-state index contributed by atoms with van der Waals surface area (Å²) in [5.41, 5.74) is 6.49. The number of anilines is 1. The quantitative estimate of drug-likeness (QED) is 0.284. The molecule has 0 radical (unpaired) electrons. The van der Waals surface area contributed by atoms with E-state index in [4.69, 9.17) is 46.6 Å². The average Bonchev–Trinajstić information content (AvgIpc) is 2.84. The smallest absolute Gasteiger partial charge is 0.496 e. The molecule has 1 heterocycles. The Kier molecular flexibility index (Phi) is 11.5. The fourth-order valence-electron chi connectivity index (χ4n) is 3.76. The summed E-state index contributed by atoms with van der Waals surface area (Å²) in [7, 11) is 3.13. The number of nitrogens with two attached hydrogens (primary N) is 1. The van der Waals surface area contributed by atoms with Crippen molar-refractivity contribution in [3.63, 3.8) is 0 Å². The number of hydrogen-bond donors (Lipinski definition) is 4. The van der Waals surface area contributed by atoms with E-state index in [2.05, 4.69) is 10.2 Å². The second-order valence-electron chi connectivity index (χ2n) is 7.96. The molecule has 10 nitrogen and oxygen atoms in total. The summed E-state index contributed by atoms with van der Waals surface area (Å²) in [5, 5.41) is 17.3. The number of halogens is 2. The summed E-state index contributed by atoms with van der Waals surface area (Å²) >= 11 is 6.09. The molecule has 0 saturated carbocycles. The first kappa shape index (κ1) is 29.0. The van der Waals surface area contributed by atoms with E-state index in [9.17, 15) is 9.18 Å². The predicted molar refractivity (Wildman–Crippen MR) is 133 cm³/mol. The Bertz CT molecular complexity index is 1010. The molecule has 1 amide bonds. The van der Waals surface area contributed by atoms with E-state index in [0.717, 1.165) is 25.9 Å². The number of carboxylic acid groups (broad SMARTS) is 2. The summed E-state index contributed by atoms with van der Waals surface area (Å²) in [6.07, 6.45) is -0.416. The van der Waals surface area contributed by atoms with Crippen molar-refractivity contribution in [2.45, 2.75) is 25.0 Å². The number of nitrogens with one attached hydrogen (secondary N) is 1. The van der Waals surface area contributed by atoms with Gasteiger partial charge < -0.3 is 40.4 Å². The van der Waals surface area contributed by atoms with E-state index in [-0.39, 0.29) is 23.9 Å². The molecule has 1 fully saturated rings. The highest BCUT2D eigenvalue weighted by molar-refractivity contribution is 6.33. The molecule has 5 N–H and O–H groups in total. The highest BCUT2D eigenvalue weighted by atomic mass is 35.5. The molecule has 2 aromatic rings. The number of carbonyl (C=O) groups excluding carboxylic acids is 1. The zero-order valence-corrected chi connectivity index (χ0v) is 20.8. The number of nitrogens with zero attached hydrogens (tertiary/aromatic N) is 1. The maximum absolute atomic E-state index is 12.9. The SMILES string of the molecule is COc1cc(N)c(Cl)cc1C(=O)N[C@H]1CCN(CCCOc2ccc(F)cc2)C[C@@H]1OC.O=C(O)O. The molecule has 2 aromatic carbocycles. The van der Waals surface area contributed by atoms with E-state index in [0.29, 0.717) is 40.9 Å². The average molecular weight is 528 g/mol. The molecule has 1 aliphatic rings. The Hall–Kier alpha value is -3.28. The third-order valence-corrected chi connectivity index (χ3v) is 5.85. The lowest BCUT2D eigenvalue weighted by atomic mass is 10.0. The Morgan fingerprint density at radius 1 is 1.22 bits per heavy atom. The number of rotatable bonds is 9. The van der Waals surface area contributed by atoms with Crippen molar-refractivity contribution < 1.29 is 38.4 Å². The standard InChI is InChI=1S/C23H29ClFN3O4.CH2O3/c1-30-21-13-19(26)18(24)12-17(21)23(29)27-20-8-10-28(14-22(20)31-2)9-3-11-32-16-6-4-15(25)5-7-16;2-1(3)4/h4-7,12-13,20,22H,3,8-11,14,26H2,1-2H3,(H,27,29);(H2,2,3,4)/t20-,22-;/m0./s1. The summed E-state index contributed by atoms with van der Waals surface area (Å²) < 4.78 is 29.5. The van der Waals surface area contributed by atoms with E-state index in [1.807, 2.05) is 0 Å². The second-order valence-corrected chi connectivity index (χ2v) is 8.36. The lowest BCUT2D eigenvalue weighted by Crippen LogP contribution is -2.55. The van der Waals surface area contributed by atoms with Gasteiger partial charge in [-0.1, -0.05) is 11.6 Å². The van der Waals surface area contributed by atoms with Crippen LogP contribution in [0.2, 0.25) is 5.02 Å². The van der Waals surface area contributed by atoms with Crippen LogP contribution < -0.4 is 20.5 Å². The van der Waals surface area contributed by atoms with Crippen molar-refractivity contribution in [2.24, 2.45) is 0 Å². The monoisotopic (exact) mass is 527 g/mol. The molecule has 0 aliphatic carbocycles. The molecule has 0 spiro atoms. The van der Waals surface area contributed by atoms with Crippen molar-refractivity contribution in [1.82, 2.24) is 10.2 Å². The molecular formula is C24H31ClFN3O7. The van der Waals surface area contributed by atoms with Crippen LogP contribution in [0.5, 0.6) is 11.5 Å². The number of amides is 1. The normalized spacial score (nSPS) is 17.4. The molecular weight excluding hydrogens is 497 g/mol. The van der Waals surface area contributed by atoms with Crippen molar-refractivity contribution in [3.05, 3.63) is 52.8 Å². The third-order valence-electron chi connectivity index (χ3n) is 5.53. The van der Waals surface area contributed by atoms with Crippen molar-refractivity contribution >= 4 is 29.4 Å². The van der Waals surface area contributed by atoms with Crippen molar-refractivity contribution in [2.75, 3.05) is 46.2 Å². The van der Waals surface area contributed by atoms with Gasteiger partial charge in [-0.2, -0.15) is 0 Å². The molecule has 1 saturated heterocycles. The van der Waals surface area contributed by atoms with Gasteiger partial charge in [0.15, 0.2) is 0 Å². The topological polar surface area (TPSA) is 144 Å². The van der Waals surface area contributed by atoms with Crippen LogP contribution in [0.3, 0.4) is 0 Å². The van der Waals surface area contributed by atoms with Crippen LogP contribution in [0.25, 0.3) is 0 Å². The molecule has 12 heteroatoms. The minimum atomic E-state index is -1.83. The van der Waals surface area contributed by atoms with Crippen molar-refractivity contribution in [3.8, 4) is 11.5 Å². The van der Waals surface area contributed by atoms with E-state index >= 15 is 0 Å². The van der Waals surface area contributed by atoms with Gasteiger partial charge in [-0.05, 0) is 43.2 Å². The Labute approximate surface area is 213 Å². The highest BCUT2D eigenvalue weighted by Gasteiger charge is 2.31. The largest absolute Gasteiger partial charge is 0.503 e. The summed E-state index contributed by atoms with van der Waals surface area (Å²) in [4.78, 5) is 23.7. The Morgan fingerprint density at radius 2 is 1.89 bits per heavy atom. The Morgan fingerprint density at radius 3 is 2.50 bits per heavy atom. The van der Waals surface area contributed by atoms with E-state index in [1.54, 1.807) is 25.3 Å². The van der Waals surface area contributed by atoms with Crippen LogP contribution in [0.1, 0.15) is 23.2 Å². The van der Waals surface area contributed by atoms with Crippen LogP contribution in [0.15, 0.2) is 36.4 Å². The maximum atomic E-state index is 12.9. The van der Waals surface area contributed by atoms with Gasteiger partial charge in [0.1, 0.15) is 17.3 Å². The van der Waals surface area contributed by atoms with Gasteiger partial charge in [-0.3, -0.25) is 4.79 Å². The summed E-state index contributed by atoms with van der Waals surface area (Å²) in [5.74, 6) is 0.463. The fraction of sp³-hybridized carbons (Fsp3) is 0.417. The highest BCUT2D eigenvalue weighted by Crippen LogP contribution is 2.29. The Balaban J connectivity index is 0.00000106.